The van der Waals surface area contributed by atoms with Crippen LogP contribution in [0.3, 0.4) is 0 Å². The summed E-state index contributed by atoms with van der Waals surface area (Å²) in [6.45, 7) is 14.6. The van der Waals surface area contributed by atoms with Crippen LogP contribution in [0.4, 0.5) is 0 Å². The summed E-state index contributed by atoms with van der Waals surface area (Å²) in [6, 6.07) is 0.610. The lowest BCUT2D eigenvalue weighted by molar-refractivity contribution is 0.0590. The molecule has 1 unspecified atom stereocenters. The molecule has 2 nitrogen and oxygen atoms in total. The maximum absolute atomic E-state index is 3.90. The fraction of sp³-hybridized carbons (Fsp3) is 0.882. The first-order chi connectivity index (χ1) is 9.25. The van der Waals surface area contributed by atoms with Gasteiger partial charge in [-0.15, -0.1) is 6.58 Å². The SMILES string of the molecule is C=CCCC(NCCC)C(CC)(CC)N1CCCC1. The van der Waals surface area contributed by atoms with Gasteiger partial charge in [0.2, 0.25) is 0 Å². The molecule has 1 heterocycles. The summed E-state index contributed by atoms with van der Waals surface area (Å²) in [5.41, 5.74) is 0.356. The van der Waals surface area contributed by atoms with Crippen molar-refractivity contribution in [2.45, 2.75) is 77.3 Å². The van der Waals surface area contributed by atoms with Crippen molar-refractivity contribution in [1.29, 1.82) is 0 Å². The average Bonchev–Trinajstić information content (AvgIpc) is 2.97. The molecular formula is C17H34N2. The molecule has 0 spiro atoms. The van der Waals surface area contributed by atoms with Crippen molar-refractivity contribution in [3.63, 3.8) is 0 Å². The fourth-order valence-corrected chi connectivity index (χ4v) is 3.74. The molecule has 1 N–H and O–H groups in total. The molecule has 1 aliphatic rings. The number of nitrogens with zero attached hydrogens (tertiary/aromatic N) is 1. The summed E-state index contributed by atoms with van der Waals surface area (Å²) in [6.07, 6.45) is 10.9. The van der Waals surface area contributed by atoms with Crippen molar-refractivity contribution < 1.29 is 0 Å². The lowest BCUT2D eigenvalue weighted by Crippen LogP contribution is -2.60. The van der Waals surface area contributed by atoms with Crippen molar-refractivity contribution in [2.24, 2.45) is 0 Å². The minimum Gasteiger partial charge on any atom is -0.312 e. The Balaban J connectivity index is 2.83. The molecule has 0 saturated carbocycles. The van der Waals surface area contributed by atoms with E-state index in [0.717, 1.165) is 13.0 Å². The molecule has 112 valence electrons. The molecule has 2 heteroatoms. The highest BCUT2D eigenvalue weighted by Crippen LogP contribution is 2.33. The van der Waals surface area contributed by atoms with Crippen LogP contribution in [0.15, 0.2) is 12.7 Å². The lowest BCUT2D eigenvalue weighted by Gasteiger charge is -2.47. The molecule has 0 aromatic rings. The number of hydrogen-bond donors (Lipinski definition) is 1. The summed E-state index contributed by atoms with van der Waals surface area (Å²) in [4.78, 5) is 2.77. The second-order valence-corrected chi connectivity index (χ2v) is 5.88. The Bertz CT molecular complexity index is 240. The van der Waals surface area contributed by atoms with Crippen LogP contribution >= 0.6 is 0 Å². The molecule has 0 aromatic heterocycles. The number of allylic oxidation sites excluding steroid dienone is 1. The van der Waals surface area contributed by atoms with E-state index in [-0.39, 0.29) is 0 Å². The fourth-order valence-electron chi connectivity index (χ4n) is 3.74. The van der Waals surface area contributed by atoms with Crippen molar-refractivity contribution in [2.75, 3.05) is 19.6 Å². The van der Waals surface area contributed by atoms with Gasteiger partial charge in [0, 0.05) is 11.6 Å². The van der Waals surface area contributed by atoms with Crippen LogP contribution in [0, 0.1) is 0 Å². The van der Waals surface area contributed by atoms with Gasteiger partial charge < -0.3 is 5.32 Å². The zero-order valence-electron chi connectivity index (χ0n) is 13.4. The number of nitrogens with one attached hydrogen (secondary N) is 1. The second-order valence-electron chi connectivity index (χ2n) is 5.88. The van der Waals surface area contributed by atoms with Crippen LogP contribution in [0.1, 0.15) is 65.7 Å². The summed E-state index contributed by atoms with van der Waals surface area (Å²) in [7, 11) is 0. The minimum atomic E-state index is 0.356. The van der Waals surface area contributed by atoms with Crippen molar-refractivity contribution in [3.05, 3.63) is 12.7 Å². The molecule has 1 saturated heterocycles. The predicted octanol–water partition coefficient (Wildman–Crippen LogP) is 3.98. The van der Waals surface area contributed by atoms with E-state index in [2.05, 4.69) is 43.6 Å². The Morgan fingerprint density at radius 1 is 1.21 bits per heavy atom. The van der Waals surface area contributed by atoms with E-state index in [1.807, 2.05) is 0 Å². The predicted molar refractivity (Wildman–Crippen MR) is 85.6 cm³/mol. The first-order valence-corrected chi connectivity index (χ1v) is 8.34. The van der Waals surface area contributed by atoms with Crippen LogP contribution in [0.5, 0.6) is 0 Å². The first-order valence-electron chi connectivity index (χ1n) is 8.34. The molecule has 1 rings (SSSR count). The van der Waals surface area contributed by atoms with Gasteiger partial charge in [-0.2, -0.15) is 0 Å². The van der Waals surface area contributed by atoms with Gasteiger partial charge >= 0.3 is 0 Å². The molecule has 0 bridgehead atoms. The summed E-state index contributed by atoms with van der Waals surface area (Å²) in [5.74, 6) is 0. The van der Waals surface area contributed by atoms with E-state index in [1.54, 1.807) is 0 Å². The van der Waals surface area contributed by atoms with Crippen LogP contribution in [0.25, 0.3) is 0 Å². The maximum Gasteiger partial charge on any atom is 0.0357 e. The highest BCUT2D eigenvalue weighted by atomic mass is 15.2. The Hall–Kier alpha value is -0.340. The average molecular weight is 266 g/mol. The van der Waals surface area contributed by atoms with E-state index in [4.69, 9.17) is 0 Å². The van der Waals surface area contributed by atoms with Gasteiger partial charge in [0.25, 0.3) is 0 Å². The first kappa shape index (κ1) is 16.7. The molecule has 1 aliphatic heterocycles. The quantitative estimate of drug-likeness (QED) is 0.602. The Morgan fingerprint density at radius 2 is 1.84 bits per heavy atom. The van der Waals surface area contributed by atoms with Crippen molar-refractivity contribution in [3.8, 4) is 0 Å². The maximum atomic E-state index is 3.90. The largest absolute Gasteiger partial charge is 0.312 e. The van der Waals surface area contributed by atoms with E-state index in [1.165, 1.54) is 51.6 Å². The monoisotopic (exact) mass is 266 g/mol. The van der Waals surface area contributed by atoms with Crippen molar-refractivity contribution in [1.82, 2.24) is 10.2 Å². The summed E-state index contributed by atoms with van der Waals surface area (Å²) in [5, 5.41) is 3.83. The van der Waals surface area contributed by atoms with Gasteiger partial charge in [-0.1, -0.05) is 26.8 Å². The number of hydrogen-bond acceptors (Lipinski definition) is 2. The van der Waals surface area contributed by atoms with Gasteiger partial charge in [0.15, 0.2) is 0 Å². The topological polar surface area (TPSA) is 15.3 Å². The van der Waals surface area contributed by atoms with Crippen LogP contribution in [-0.4, -0.2) is 36.1 Å². The Labute approximate surface area is 120 Å². The number of likely N-dealkylation sites (tertiary alicyclic amines) is 1. The second kappa shape index (κ2) is 8.76. The van der Waals surface area contributed by atoms with Crippen LogP contribution in [0.2, 0.25) is 0 Å². The third-order valence-electron chi connectivity index (χ3n) is 4.91. The number of rotatable bonds is 10. The normalized spacial score (nSPS) is 18.7. The van der Waals surface area contributed by atoms with E-state index in [9.17, 15) is 0 Å². The molecule has 19 heavy (non-hydrogen) atoms. The zero-order chi connectivity index (χ0) is 14.1. The van der Waals surface area contributed by atoms with E-state index < -0.39 is 0 Å². The molecule has 0 aliphatic carbocycles. The molecule has 0 aromatic carbocycles. The standard InChI is InChI=1S/C17H34N2/c1-5-9-12-16(18-13-6-2)17(7-3,8-4)19-14-10-11-15-19/h5,16,18H,1,6-15H2,2-4H3. The Morgan fingerprint density at radius 3 is 2.32 bits per heavy atom. The van der Waals surface area contributed by atoms with E-state index in [0.29, 0.717) is 11.6 Å². The third kappa shape index (κ3) is 4.06. The van der Waals surface area contributed by atoms with Crippen LogP contribution in [-0.2, 0) is 0 Å². The highest BCUT2D eigenvalue weighted by Gasteiger charge is 2.41. The van der Waals surface area contributed by atoms with Crippen LogP contribution < -0.4 is 5.32 Å². The third-order valence-corrected chi connectivity index (χ3v) is 4.91. The summed E-state index contributed by atoms with van der Waals surface area (Å²) >= 11 is 0. The van der Waals surface area contributed by atoms with Gasteiger partial charge in [0.05, 0.1) is 0 Å². The molecule has 0 amide bonds. The van der Waals surface area contributed by atoms with Gasteiger partial charge in [-0.3, -0.25) is 4.90 Å². The van der Waals surface area contributed by atoms with Gasteiger partial charge in [-0.25, -0.2) is 0 Å². The molecule has 0 radical (unpaired) electrons. The Kier molecular flexibility index (Phi) is 7.70. The zero-order valence-corrected chi connectivity index (χ0v) is 13.4. The van der Waals surface area contributed by atoms with Gasteiger partial charge in [-0.05, 0) is 64.6 Å². The smallest absolute Gasteiger partial charge is 0.0357 e. The molecular weight excluding hydrogens is 232 g/mol. The minimum absolute atomic E-state index is 0.356. The van der Waals surface area contributed by atoms with Crippen molar-refractivity contribution >= 4 is 0 Å². The van der Waals surface area contributed by atoms with E-state index >= 15 is 0 Å². The molecule has 1 atom stereocenters. The highest BCUT2D eigenvalue weighted by molar-refractivity contribution is 5.00. The molecule has 1 fully saturated rings. The van der Waals surface area contributed by atoms with Gasteiger partial charge in [0.1, 0.15) is 0 Å². The summed E-state index contributed by atoms with van der Waals surface area (Å²) < 4.78 is 0. The lowest BCUT2D eigenvalue weighted by atomic mass is 9.80.